The Balaban J connectivity index is 1.41. The molecule has 2 aromatic carbocycles. The fourth-order valence-electron chi connectivity index (χ4n) is 3.07. The zero-order chi connectivity index (χ0) is 18.8. The van der Waals surface area contributed by atoms with Crippen molar-refractivity contribution in [2.75, 3.05) is 19.0 Å². The van der Waals surface area contributed by atoms with E-state index in [1.165, 1.54) is 0 Å². The summed E-state index contributed by atoms with van der Waals surface area (Å²) in [6, 6.07) is 13.2. The Morgan fingerprint density at radius 2 is 2.07 bits per heavy atom. The number of carbonyl (C=O) groups is 1. The molecule has 1 amide bonds. The monoisotopic (exact) mass is 364 g/mol. The van der Waals surface area contributed by atoms with Gasteiger partial charge in [0.05, 0.1) is 13.0 Å². The van der Waals surface area contributed by atoms with E-state index < -0.39 is 0 Å². The molecule has 138 valence electrons. The number of benzene rings is 2. The lowest BCUT2D eigenvalue weighted by Gasteiger charge is -2.25. The predicted molar refractivity (Wildman–Crippen MR) is 101 cm³/mol. The molecule has 0 aliphatic carbocycles. The Kier molecular flexibility index (Phi) is 4.50. The average Bonchev–Trinajstić information content (AvgIpc) is 3.14. The Labute approximate surface area is 156 Å². The highest BCUT2D eigenvalue weighted by atomic mass is 16.5. The van der Waals surface area contributed by atoms with Gasteiger partial charge in [-0.1, -0.05) is 6.07 Å². The van der Waals surface area contributed by atoms with E-state index in [2.05, 4.69) is 20.5 Å². The van der Waals surface area contributed by atoms with Gasteiger partial charge in [-0.05, 0) is 49.2 Å². The number of rotatable bonds is 4. The van der Waals surface area contributed by atoms with Gasteiger partial charge in [0.2, 0.25) is 5.91 Å². The molecule has 1 unspecified atom stereocenters. The number of nitrogens with zero attached hydrogens (tertiary/aromatic N) is 2. The highest BCUT2D eigenvalue weighted by molar-refractivity contribution is 5.93. The van der Waals surface area contributed by atoms with Crippen LogP contribution in [-0.4, -0.2) is 34.8 Å². The summed E-state index contributed by atoms with van der Waals surface area (Å²) in [5, 5.41) is 9.91. The van der Waals surface area contributed by atoms with Crippen LogP contribution in [-0.2, 0) is 11.2 Å². The number of ether oxygens (including phenoxy) is 2. The number of H-pyrrole nitrogens is 1. The van der Waals surface area contributed by atoms with Crippen LogP contribution in [0.3, 0.4) is 0 Å². The molecular formula is C20H20N4O3. The Bertz CT molecular complexity index is 966. The molecule has 3 aromatic rings. The molecule has 1 atom stereocenters. The van der Waals surface area contributed by atoms with Crippen LogP contribution in [0.15, 0.2) is 42.5 Å². The molecule has 2 heterocycles. The Morgan fingerprint density at radius 1 is 1.26 bits per heavy atom. The molecule has 4 rings (SSSR count). The fourth-order valence-corrected chi connectivity index (χ4v) is 3.07. The first kappa shape index (κ1) is 17.1. The van der Waals surface area contributed by atoms with Crippen molar-refractivity contribution in [2.24, 2.45) is 5.92 Å². The normalized spacial score (nSPS) is 15.6. The van der Waals surface area contributed by atoms with Crippen molar-refractivity contribution in [1.82, 2.24) is 15.2 Å². The van der Waals surface area contributed by atoms with Crippen molar-refractivity contribution >= 4 is 11.6 Å². The average molecular weight is 364 g/mol. The first-order chi connectivity index (χ1) is 13.1. The van der Waals surface area contributed by atoms with Gasteiger partial charge in [-0.3, -0.25) is 9.89 Å². The summed E-state index contributed by atoms with van der Waals surface area (Å²) in [6.07, 6.45) is 0.639. The molecule has 1 aliphatic heterocycles. The number of aryl methyl sites for hydroxylation is 1. The predicted octanol–water partition coefficient (Wildman–Crippen LogP) is 2.98. The van der Waals surface area contributed by atoms with Crippen LogP contribution in [0.25, 0.3) is 11.4 Å². The molecule has 27 heavy (non-hydrogen) atoms. The second-order valence-electron chi connectivity index (χ2n) is 6.50. The van der Waals surface area contributed by atoms with Crippen LogP contribution in [0.4, 0.5) is 5.69 Å². The van der Waals surface area contributed by atoms with Crippen LogP contribution in [0.2, 0.25) is 0 Å². The van der Waals surface area contributed by atoms with E-state index in [9.17, 15) is 4.79 Å². The zero-order valence-corrected chi connectivity index (χ0v) is 15.2. The topological polar surface area (TPSA) is 89.1 Å². The third-order valence-electron chi connectivity index (χ3n) is 4.56. The van der Waals surface area contributed by atoms with Crippen LogP contribution < -0.4 is 14.8 Å². The first-order valence-electron chi connectivity index (χ1n) is 8.72. The molecule has 0 saturated heterocycles. The lowest BCUT2D eigenvalue weighted by Crippen LogP contribution is -2.32. The van der Waals surface area contributed by atoms with Gasteiger partial charge >= 0.3 is 0 Å². The minimum atomic E-state index is -0.235. The number of fused-ring (bicyclic) bond motifs is 1. The summed E-state index contributed by atoms with van der Waals surface area (Å²) in [6.45, 7) is 2.20. The standard InChI is InChI=1S/C20H20N4O3/c1-12-21-19(24-23-12)13-3-6-16(7-4-13)22-20(25)15-9-14-5-8-17(26-2)10-18(14)27-11-15/h3-8,10,15H,9,11H2,1-2H3,(H,22,25)(H,21,23,24). The molecule has 0 bridgehead atoms. The number of methoxy groups -OCH3 is 1. The van der Waals surface area contributed by atoms with E-state index in [0.29, 0.717) is 18.9 Å². The summed E-state index contributed by atoms with van der Waals surface area (Å²) in [7, 11) is 1.62. The number of aromatic nitrogens is 3. The first-order valence-corrected chi connectivity index (χ1v) is 8.72. The van der Waals surface area contributed by atoms with E-state index in [0.717, 1.165) is 34.1 Å². The van der Waals surface area contributed by atoms with Crippen molar-refractivity contribution in [2.45, 2.75) is 13.3 Å². The van der Waals surface area contributed by atoms with Crippen LogP contribution >= 0.6 is 0 Å². The van der Waals surface area contributed by atoms with Gasteiger partial charge in [0, 0.05) is 17.3 Å². The fraction of sp³-hybridized carbons (Fsp3) is 0.250. The van der Waals surface area contributed by atoms with Gasteiger partial charge in [-0.25, -0.2) is 4.98 Å². The van der Waals surface area contributed by atoms with Gasteiger partial charge in [0.25, 0.3) is 0 Å². The maximum atomic E-state index is 12.6. The largest absolute Gasteiger partial charge is 0.497 e. The van der Waals surface area contributed by atoms with Crippen LogP contribution in [0.1, 0.15) is 11.4 Å². The molecule has 0 saturated carbocycles. The number of nitrogens with one attached hydrogen (secondary N) is 2. The lowest BCUT2D eigenvalue weighted by molar-refractivity contribution is -0.121. The van der Waals surface area contributed by atoms with E-state index in [1.54, 1.807) is 7.11 Å². The quantitative estimate of drug-likeness (QED) is 0.743. The zero-order valence-electron chi connectivity index (χ0n) is 15.2. The molecule has 0 spiro atoms. The summed E-state index contributed by atoms with van der Waals surface area (Å²) in [5.74, 6) is 2.64. The molecule has 1 aromatic heterocycles. The lowest BCUT2D eigenvalue weighted by atomic mass is 9.95. The van der Waals surface area contributed by atoms with Crippen molar-refractivity contribution in [3.8, 4) is 22.9 Å². The number of hydrogen-bond acceptors (Lipinski definition) is 5. The van der Waals surface area contributed by atoms with Crippen molar-refractivity contribution in [3.05, 3.63) is 53.9 Å². The van der Waals surface area contributed by atoms with E-state index in [4.69, 9.17) is 9.47 Å². The number of aromatic amines is 1. The summed E-state index contributed by atoms with van der Waals surface area (Å²) in [4.78, 5) is 16.9. The molecule has 0 radical (unpaired) electrons. The third-order valence-corrected chi connectivity index (χ3v) is 4.56. The summed E-state index contributed by atoms with van der Waals surface area (Å²) in [5.41, 5.74) is 2.63. The van der Waals surface area contributed by atoms with Gasteiger partial charge in [-0.2, -0.15) is 5.10 Å². The minimum absolute atomic E-state index is 0.0574. The number of carbonyl (C=O) groups excluding carboxylic acids is 1. The minimum Gasteiger partial charge on any atom is -0.497 e. The van der Waals surface area contributed by atoms with Crippen LogP contribution in [0.5, 0.6) is 11.5 Å². The van der Waals surface area contributed by atoms with Gasteiger partial charge in [0.15, 0.2) is 5.82 Å². The number of anilines is 1. The Hall–Kier alpha value is -3.35. The Morgan fingerprint density at radius 3 is 2.78 bits per heavy atom. The van der Waals surface area contributed by atoms with Gasteiger partial charge in [0.1, 0.15) is 23.9 Å². The van der Waals surface area contributed by atoms with E-state index in [1.807, 2.05) is 49.4 Å². The molecule has 2 N–H and O–H groups in total. The molecule has 7 heteroatoms. The number of hydrogen-bond donors (Lipinski definition) is 2. The second kappa shape index (κ2) is 7.11. The third kappa shape index (κ3) is 3.62. The van der Waals surface area contributed by atoms with Gasteiger partial charge in [-0.15, -0.1) is 0 Å². The highest BCUT2D eigenvalue weighted by Crippen LogP contribution is 2.31. The smallest absolute Gasteiger partial charge is 0.231 e. The van der Waals surface area contributed by atoms with E-state index in [-0.39, 0.29) is 11.8 Å². The maximum absolute atomic E-state index is 12.6. The molecule has 0 fully saturated rings. The van der Waals surface area contributed by atoms with Crippen molar-refractivity contribution in [3.63, 3.8) is 0 Å². The second-order valence-corrected chi connectivity index (χ2v) is 6.50. The van der Waals surface area contributed by atoms with E-state index >= 15 is 0 Å². The van der Waals surface area contributed by atoms with Gasteiger partial charge < -0.3 is 14.8 Å². The number of amides is 1. The highest BCUT2D eigenvalue weighted by Gasteiger charge is 2.26. The molecule has 7 nitrogen and oxygen atoms in total. The molecule has 1 aliphatic rings. The van der Waals surface area contributed by atoms with Crippen molar-refractivity contribution in [1.29, 1.82) is 0 Å². The SMILES string of the molecule is COc1ccc2c(c1)OCC(C(=O)Nc1ccc(-c3n[nH]c(C)n3)cc1)C2. The molecular weight excluding hydrogens is 344 g/mol. The summed E-state index contributed by atoms with van der Waals surface area (Å²) >= 11 is 0. The van der Waals surface area contributed by atoms with Crippen LogP contribution in [0, 0.1) is 12.8 Å². The maximum Gasteiger partial charge on any atom is 0.231 e. The summed E-state index contributed by atoms with van der Waals surface area (Å²) < 4.78 is 11.0. The van der Waals surface area contributed by atoms with Crippen molar-refractivity contribution < 1.29 is 14.3 Å².